The molecular formula is C42H44N8O2. The summed E-state index contributed by atoms with van der Waals surface area (Å²) in [6.07, 6.45) is 7.68. The zero-order chi connectivity index (χ0) is 36.8. The molecule has 0 saturated heterocycles. The maximum absolute atomic E-state index is 13.3. The second-order valence-corrected chi connectivity index (χ2v) is 14.2. The van der Waals surface area contributed by atoms with Gasteiger partial charge in [0.25, 0.3) is 11.8 Å². The first-order chi connectivity index (χ1) is 24.9. The SMILES string of the molecule is CN(C)C1(C)C(=O)N(Cc2ccc(-c3cnn(C)c3)cc2)c2ccccc21.Cn1cc(-c2ccc(CN3C(=O)C(C)(N)c4ccccc43)cc2)cn1. The Bertz CT molecular complexity index is 2250. The van der Waals surface area contributed by atoms with Crippen molar-refractivity contribution in [2.24, 2.45) is 19.8 Å². The summed E-state index contributed by atoms with van der Waals surface area (Å²) in [7, 11) is 7.73. The highest BCUT2D eigenvalue weighted by Crippen LogP contribution is 2.43. The van der Waals surface area contributed by atoms with Crippen molar-refractivity contribution in [2.45, 2.75) is 38.0 Å². The number of carbonyl (C=O) groups excluding carboxylic acids is 2. The molecule has 8 rings (SSSR count). The Hall–Kier alpha value is -5.84. The minimum atomic E-state index is -0.966. The van der Waals surface area contributed by atoms with Gasteiger partial charge in [-0.2, -0.15) is 10.2 Å². The Labute approximate surface area is 304 Å². The number of aromatic nitrogens is 4. The molecule has 2 unspecified atom stereocenters. The Morgan fingerprint density at radius 3 is 1.46 bits per heavy atom. The van der Waals surface area contributed by atoms with Crippen LogP contribution in [-0.2, 0) is 47.9 Å². The van der Waals surface area contributed by atoms with Crippen LogP contribution in [0.5, 0.6) is 0 Å². The first-order valence-corrected chi connectivity index (χ1v) is 17.3. The second kappa shape index (κ2) is 13.4. The number of para-hydroxylation sites is 2. The van der Waals surface area contributed by atoms with Gasteiger partial charge in [-0.05, 0) is 62.3 Å². The van der Waals surface area contributed by atoms with Crippen molar-refractivity contribution in [3.63, 3.8) is 0 Å². The van der Waals surface area contributed by atoms with Crippen molar-refractivity contribution in [1.82, 2.24) is 24.5 Å². The van der Waals surface area contributed by atoms with Gasteiger partial charge < -0.3 is 15.5 Å². The van der Waals surface area contributed by atoms with Crippen LogP contribution in [0.15, 0.2) is 122 Å². The monoisotopic (exact) mass is 692 g/mol. The normalized spacial score (nSPS) is 19.2. The van der Waals surface area contributed by atoms with Crippen LogP contribution in [0.2, 0.25) is 0 Å². The fraction of sp³-hybridized carbons (Fsp3) is 0.238. The van der Waals surface area contributed by atoms with Crippen LogP contribution in [0.4, 0.5) is 11.4 Å². The minimum absolute atomic E-state index is 0.0648. The summed E-state index contributed by atoms with van der Waals surface area (Å²) >= 11 is 0. The van der Waals surface area contributed by atoms with Gasteiger partial charge in [0.1, 0.15) is 11.1 Å². The second-order valence-electron chi connectivity index (χ2n) is 14.2. The summed E-state index contributed by atoms with van der Waals surface area (Å²) < 4.78 is 3.58. The van der Waals surface area contributed by atoms with Crippen molar-refractivity contribution in [2.75, 3.05) is 23.9 Å². The van der Waals surface area contributed by atoms with E-state index in [0.717, 1.165) is 55.9 Å². The average molecular weight is 693 g/mol. The fourth-order valence-corrected chi connectivity index (χ4v) is 7.12. The Kier molecular flexibility index (Phi) is 8.90. The number of fused-ring (bicyclic) bond motifs is 2. The number of nitrogens with zero attached hydrogens (tertiary/aromatic N) is 7. The molecule has 0 fully saturated rings. The summed E-state index contributed by atoms with van der Waals surface area (Å²) in [5, 5.41) is 8.42. The molecule has 2 aliphatic heterocycles. The molecule has 0 saturated carbocycles. The molecule has 0 spiro atoms. The maximum atomic E-state index is 13.3. The van der Waals surface area contributed by atoms with E-state index in [1.165, 1.54) is 0 Å². The van der Waals surface area contributed by atoms with Crippen molar-refractivity contribution < 1.29 is 9.59 Å². The first-order valence-electron chi connectivity index (χ1n) is 17.3. The molecule has 2 atom stereocenters. The van der Waals surface area contributed by atoms with Gasteiger partial charge in [0.2, 0.25) is 0 Å². The predicted molar refractivity (Wildman–Crippen MR) is 205 cm³/mol. The van der Waals surface area contributed by atoms with Crippen molar-refractivity contribution in [3.05, 3.63) is 144 Å². The minimum Gasteiger partial charge on any atom is -0.314 e. The van der Waals surface area contributed by atoms with E-state index in [9.17, 15) is 9.59 Å². The Morgan fingerprint density at radius 1 is 0.596 bits per heavy atom. The first kappa shape index (κ1) is 34.6. The number of likely N-dealkylation sites (N-methyl/N-ethyl adjacent to an activating group) is 1. The topological polar surface area (TPSA) is 106 Å². The van der Waals surface area contributed by atoms with E-state index < -0.39 is 11.1 Å². The lowest BCUT2D eigenvalue weighted by molar-refractivity contribution is -0.127. The molecule has 6 aromatic rings. The zero-order valence-electron chi connectivity index (χ0n) is 30.5. The third-order valence-electron chi connectivity index (χ3n) is 10.4. The van der Waals surface area contributed by atoms with Crippen LogP contribution < -0.4 is 15.5 Å². The molecular weight excluding hydrogens is 649 g/mol. The highest BCUT2D eigenvalue weighted by Gasteiger charge is 2.49. The van der Waals surface area contributed by atoms with Crippen LogP contribution in [0, 0.1) is 0 Å². The summed E-state index contributed by atoms with van der Waals surface area (Å²) in [4.78, 5) is 31.7. The molecule has 0 radical (unpaired) electrons. The van der Waals surface area contributed by atoms with Crippen LogP contribution >= 0.6 is 0 Å². The molecule has 10 heteroatoms. The summed E-state index contributed by atoms with van der Waals surface area (Å²) in [6.45, 7) is 4.85. The lowest BCUT2D eigenvalue weighted by atomic mass is 9.92. The average Bonchev–Trinajstić information content (AvgIpc) is 3.88. The quantitative estimate of drug-likeness (QED) is 0.213. The Morgan fingerprint density at radius 2 is 1.02 bits per heavy atom. The van der Waals surface area contributed by atoms with Crippen LogP contribution in [0.25, 0.3) is 22.3 Å². The van der Waals surface area contributed by atoms with Gasteiger partial charge in [-0.1, -0.05) is 84.9 Å². The fourth-order valence-electron chi connectivity index (χ4n) is 7.12. The highest BCUT2D eigenvalue weighted by molar-refractivity contribution is 6.08. The summed E-state index contributed by atoms with van der Waals surface area (Å²) in [5.41, 5.74) is 15.1. The van der Waals surface area contributed by atoms with Crippen LogP contribution in [0.3, 0.4) is 0 Å². The number of rotatable bonds is 7. The molecule has 2 N–H and O–H groups in total. The van der Waals surface area contributed by atoms with E-state index in [1.54, 1.807) is 21.2 Å². The van der Waals surface area contributed by atoms with Gasteiger partial charge >= 0.3 is 0 Å². The number of hydrogen-bond acceptors (Lipinski definition) is 6. The Balaban J connectivity index is 0.000000162. The van der Waals surface area contributed by atoms with E-state index in [0.29, 0.717) is 13.1 Å². The predicted octanol–water partition coefficient (Wildman–Crippen LogP) is 6.22. The van der Waals surface area contributed by atoms with Crippen LogP contribution in [0.1, 0.15) is 36.1 Å². The number of carbonyl (C=O) groups is 2. The number of aryl methyl sites for hydroxylation is 2. The molecule has 10 nitrogen and oxygen atoms in total. The lowest BCUT2D eigenvalue weighted by Gasteiger charge is -2.31. The number of anilines is 2. The van der Waals surface area contributed by atoms with Crippen molar-refractivity contribution >= 4 is 23.2 Å². The highest BCUT2D eigenvalue weighted by atomic mass is 16.2. The maximum Gasteiger partial charge on any atom is 0.252 e. The molecule has 0 aliphatic carbocycles. The molecule has 2 aliphatic rings. The number of hydrogen-bond donors (Lipinski definition) is 1. The molecule has 2 amide bonds. The van der Waals surface area contributed by atoms with Gasteiger partial charge in [0, 0.05) is 60.1 Å². The molecule has 4 heterocycles. The largest absolute Gasteiger partial charge is 0.314 e. The van der Waals surface area contributed by atoms with E-state index in [1.807, 2.05) is 124 Å². The standard InChI is InChI=1S/C22H24N4O.C20H20N4O/c1-22(24(2)3)19-7-5-6-8-20(19)26(21(22)27)14-16-9-11-17(12-10-16)18-13-23-25(4)15-18;1-20(21)17-5-3-4-6-18(17)24(19(20)25)12-14-7-9-15(10-8-14)16-11-22-23(2)13-16/h5-13,15H,14H2,1-4H3;3-11,13H,12,21H2,1-2H3. The smallest absolute Gasteiger partial charge is 0.252 e. The van der Waals surface area contributed by atoms with E-state index in [2.05, 4.69) is 52.7 Å². The van der Waals surface area contributed by atoms with Gasteiger partial charge in [-0.25, -0.2) is 0 Å². The molecule has 2 aromatic heterocycles. The van der Waals surface area contributed by atoms with Gasteiger partial charge in [0.15, 0.2) is 0 Å². The van der Waals surface area contributed by atoms with Crippen molar-refractivity contribution in [3.8, 4) is 22.3 Å². The summed E-state index contributed by atoms with van der Waals surface area (Å²) in [5.74, 6) is 0.0510. The number of nitrogens with two attached hydrogens (primary N) is 1. The van der Waals surface area contributed by atoms with Gasteiger partial charge in [0.05, 0.1) is 25.5 Å². The van der Waals surface area contributed by atoms with E-state index in [-0.39, 0.29) is 11.8 Å². The van der Waals surface area contributed by atoms with E-state index >= 15 is 0 Å². The summed E-state index contributed by atoms with van der Waals surface area (Å²) in [6, 6.07) is 32.4. The van der Waals surface area contributed by atoms with E-state index in [4.69, 9.17) is 5.73 Å². The molecule has 0 bridgehead atoms. The number of amides is 2. The molecule has 4 aromatic carbocycles. The van der Waals surface area contributed by atoms with Crippen molar-refractivity contribution in [1.29, 1.82) is 0 Å². The third kappa shape index (κ3) is 6.10. The van der Waals surface area contributed by atoms with Crippen LogP contribution in [-0.4, -0.2) is 50.4 Å². The number of benzene rings is 4. The third-order valence-corrected chi connectivity index (χ3v) is 10.4. The van der Waals surface area contributed by atoms with Gasteiger partial charge in [-0.3, -0.25) is 23.9 Å². The zero-order valence-corrected chi connectivity index (χ0v) is 30.5. The van der Waals surface area contributed by atoms with Gasteiger partial charge in [-0.15, -0.1) is 0 Å². The lowest BCUT2D eigenvalue weighted by Crippen LogP contribution is -2.47. The molecule has 52 heavy (non-hydrogen) atoms. The molecule has 264 valence electrons.